The lowest BCUT2D eigenvalue weighted by Gasteiger charge is -2.28. The number of hydrogen-bond donors (Lipinski definition) is 0. The topological polar surface area (TPSA) is 81.5 Å². The number of benzene rings is 1. The van der Waals surface area contributed by atoms with Crippen LogP contribution < -0.4 is 0 Å². The van der Waals surface area contributed by atoms with Gasteiger partial charge >= 0.3 is 0 Å². The number of nitrogens with zero attached hydrogens (tertiary/aromatic N) is 3. The highest BCUT2D eigenvalue weighted by Crippen LogP contribution is 2.28. The summed E-state index contributed by atoms with van der Waals surface area (Å²) in [6, 6.07) is 5.47. The number of aromatic nitrogens is 2. The molecule has 0 spiro atoms. The van der Waals surface area contributed by atoms with Crippen molar-refractivity contribution in [2.45, 2.75) is 82.5 Å². The molecule has 1 saturated carbocycles. The monoisotopic (exact) mass is 505 g/mol. The molecular weight excluding hydrogens is 469 g/mol. The van der Waals surface area contributed by atoms with E-state index in [1.807, 2.05) is 4.90 Å². The van der Waals surface area contributed by atoms with Crippen molar-refractivity contribution in [1.29, 1.82) is 0 Å². The number of rotatable bonds is 10. The highest BCUT2D eigenvalue weighted by molar-refractivity contribution is 7.90. The molecule has 1 amide bonds. The Labute approximate surface area is 207 Å². The van der Waals surface area contributed by atoms with Crippen LogP contribution in [0.2, 0.25) is 0 Å². The smallest absolute Gasteiger partial charge is 0.228 e. The van der Waals surface area contributed by atoms with Gasteiger partial charge < -0.3 is 14.2 Å². The number of carbonyl (C=O) groups excluding carboxylic acids is 1. The van der Waals surface area contributed by atoms with Gasteiger partial charge in [-0.1, -0.05) is 38.8 Å². The van der Waals surface area contributed by atoms with Gasteiger partial charge in [-0.25, -0.2) is 17.8 Å². The lowest BCUT2D eigenvalue weighted by molar-refractivity contribution is -0.136. The van der Waals surface area contributed by atoms with Gasteiger partial charge in [-0.3, -0.25) is 4.79 Å². The van der Waals surface area contributed by atoms with Gasteiger partial charge in [0.1, 0.15) is 5.82 Å². The van der Waals surface area contributed by atoms with E-state index in [0.29, 0.717) is 37.5 Å². The van der Waals surface area contributed by atoms with E-state index in [4.69, 9.17) is 4.74 Å². The van der Waals surface area contributed by atoms with Gasteiger partial charge in [-0.2, -0.15) is 0 Å². The molecule has 1 aliphatic heterocycles. The molecule has 1 aromatic heterocycles. The first-order valence-corrected chi connectivity index (χ1v) is 14.3. The molecule has 2 aliphatic rings. The number of hydrogen-bond acceptors (Lipinski definition) is 5. The second-order valence-electron chi connectivity index (χ2n) is 10.3. The zero-order valence-electron chi connectivity index (χ0n) is 20.7. The van der Waals surface area contributed by atoms with Crippen molar-refractivity contribution < 1.29 is 22.3 Å². The minimum absolute atomic E-state index is 0.0230. The van der Waals surface area contributed by atoms with Crippen LogP contribution in [0.5, 0.6) is 0 Å². The maximum atomic E-state index is 13.4. The van der Waals surface area contributed by atoms with E-state index < -0.39 is 15.7 Å². The van der Waals surface area contributed by atoms with E-state index in [2.05, 4.69) is 18.8 Å². The molecule has 35 heavy (non-hydrogen) atoms. The minimum atomic E-state index is -3.80. The van der Waals surface area contributed by atoms with Gasteiger partial charge in [0, 0.05) is 19.1 Å². The van der Waals surface area contributed by atoms with E-state index in [1.54, 1.807) is 10.8 Å². The molecule has 7 nitrogen and oxygen atoms in total. The first kappa shape index (κ1) is 25.8. The van der Waals surface area contributed by atoms with Crippen LogP contribution in [0, 0.1) is 17.7 Å². The highest BCUT2D eigenvalue weighted by Gasteiger charge is 2.31. The molecule has 9 heteroatoms. The Kier molecular flexibility index (Phi) is 8.27. The molecule has 4 rings (SSSR count). The van der Waals surface area contributed by atoms with Crippen LogP contribution in [0.3, 0.4) is 0 Å². The van der Waals surface area contributed by atoms with Crippen LogP contribution in [0.15, 0.2) is 35.6 Å². The van der Waals surface area contributed by atoms with E-state index in [-0.39, 0.29) is 34.8 Å². The molecule has 2 fully saturated rings. The van der Waals surface area contributed by atoms with Crippen LogP contribution in [0.1, 0.15) is 63.6 Å². The Morgan fingerprint density at radius 1 is 1.17 bits per heavy atom. The summed E-state index contributed by atoms with van der Waals surface area (Å²) in [5.74, 6) is -0.199. The van der Waals surface area contributed by atoms with Crippen molar-refractivity contribution >= 4 is 15.7 Å². The molecule has 2 aromatic rings. The number of imidazole rings is 1. The summed E-state index contributed by atoms with van der Waals surface area (Å²) >= 11 is 0. The van der Waals surface area contributed by atoms with Crippen molar-refractivity contribution in [2.75, 3.05) is 13.2 Å². The van der Waals surface area contributed by atoms with Crippen LogP contribution >= 0.6 is 0 Å². The average Bonchev–Trinajstić information content (AvgIpc) is 3.57. The molecular formula is C26H36FN3O4S. The molecule has 0 radical (unpaired) electrons. The van der Waals surface area contributed by atoms with Crippen molar-refractivity contribution in [3.8, 4) is 0 Å². The molecule has 1 unspecified atom stereocenters. The van der Waals surface area contributed by atoms with Crippen LogP contribution in [-0.2, 0) is 38.2 Å². The quantitative estimate of drug-likeness (QED) is 0.480. The normalized spacial score (nSPS) is 19.0. The summed E-state index contributed by atoms with van der Waals surface area (Å²) in [5.41, 5.74) is 1.20. The highest BCUT2D eigenvalue weighted by atomic mass is 32.2. The Morgan fingerprint density at radius 3 is 2.51 bits per heavy atom. The van der Waals surface area contributed by atoms with E-state index in [0.717, 1.165) is 38.5 Å². The maximum absolute atomic E-state index is 13.4. The summed E-state index contributed by atoms with van der Waals surface area (Å²) in [4.78, 5) is 19.6. The molecule has 0 N–H and O–H groups in total. The number of sulfone groups is 1. The Hall–Kier alpha value is -2.26. The summed E-state index contributed by atoms with van der Waals surface area (Å²) in [7, 11) is -3.80. The largest absolute Gasteiger partial charge is 0.376 e. The Bertz CT molecular complexity index is 1100. The second kappa shape index (κ2) is 11.2. The zero-order valence-corrected chi connectivity index (χ0v) is 21.5. The lowest BCUT2D eigenvalue weighted by atomic mass is 10.1. The Balaban J connectivity index is 1.63. The lowest BCUT2D eigenvalue weighted by Crippen LogP contribution is -2.38. The van der Waals surface area contributed by atoms with E-state index >= 15 is 0 Å². The van der Waals surface area contributed by atoms with Gasteiger partial charge in [0.2, 0.25) is 20.9 Å². The van der Waals surface area contributed by atoms with Gasteiger partial charge in [-0.05, 0) is 49.3 Å². The summed E-state index contributed by atoms with van der Waals surface area (Å²) < 4.78 is 47.7. The number of carbonyl (C=O) groups is 1. The fraction of sp³-hybridized carbons (Fsp3) is 0.615. The van der Waals surface area contributed by atoms with Crippen molar-refractivity contribution in [3.63, 3.8) is 0 Å². The second-order valence-corrected chi connectivity index (χ2v) is 12.1. The van der Waals surface area contributed by atoms with Crippen LogP contribution in [0.25, 0.3) is 0 Å². The molecule has 1 aromatic carbocycles. The van der Waals surface area contributed by atoms with E-state index in [1.165, 1.54) is 24.3 Å². The standard InChI is InChI=1S/C26H36FN3O4S/c1-19(2)15-29(25(31)21-6-3-4-7-21)16-23-14-28-26(30(23)17-24-8-5-13-34-24)35(32,33)18-20-9-11-22(27)12-10-20/h9-12,14,19,21,24H,3-8,13,15-18H2,1-2H3. The fourth-order valence-corrected chi connectivity index (χ4v) is 6.62. The molecule has 0 bridgehead atoms. The average molecular weight is 506 g/mol. The third-order valence-corrected chi connectivity index (χ3v) is 8.41. The molecule has 2 heterocycles. The molecule has 192 valence electrons. The summed E-state index contributed by atoms with van der Waals surface area (Å²) in [6.07, 6.45) is 7.27. The van der Waals surface area contributed by atoms with Gasteiger partial charge in [0.15, 0.2) is 0 Å². The van der Waals surface area contributed by atoms with Crippen LogP contribution in [0.4, 0.5) is 4.39 Å². The first-order valence-electron chi connectivity index (χ1n) is 12.6. The van der Waals surface area contributed by atoms with Crippen LogP contribution in [-0.4, -0.2) is 48.0 Å². The fourth-order valence-electron chi connectivity index (χ4n) is 5.12. The third-order valence-electron chi connectivity index (χ3n) is 6.81. The van der Waals surface area contributed by atoms with Crippen molar-refractivity contribution in [2.24, 2.45) is 11.8 Å². The summed E-state index contributed by atoms with van der Waals surface area (Å²) in [5, 5.41) is -0.0230. The van der Waals surface area contributed by atoms with Gasteiger partial charge in [-0.15, -0.1) is 0 Å². The van der Waals surface area contributed by atoms with E-state index in [9.17, 15) is 17.6 Å². The van der Waals surface area contributed by atoms with Gasteiger partial charge in [0.05, 0.1) is 36.8 Å². The molecule has 1 aliphatic carbocycles. The van der Waals surface area contributed by atoms with Crippen molar-refractivity contribution in [3.05, 3.63) is 47.5 Å². The third kappa shape index (κ3) is 6.50. The zero-order chi connectivity index (χ0) is 25.0. The first-order chi connectivity index (χ1) is 16.7. The van der Waals surface area contributed by atoms with Gasteiger partial charge in [0.25, 0.3) is 0 Å². The summed E-state index contributed by atoms with van der Waals surface area (Å²) in [6.45, 7) is 6.12. The minimum Gasteiger partial charge on any atom is -0.376 e. The number of ether oxygens (including phenoxy) is 1. The maximum Gasteiger partial charge on any atom is 0.228 e. The SMILES string of the molecule is CC(C)CN(Cc1cnc(S(=O)(=O)Cc2ccc(F)cc2)n1CC1CCCO1)C(=O)C1CCCC1. The number of halogens is 1. The Morgan fingerprint density at radius 2 is 1.89 bits per heavy atom. The van der Waals surface area contributed by atoms with Crippen molar-refractivity contribution in [1.82, 2.24) is 14.5 Å². The predicted octanol–water partition coefficient (Wildman–Crippen LogP) is 4.35. The predicted molar refractivity (Wildman–Crippen MR) is 131 cm³/mol. The molecule has 1 atom stereocenters. The molecule has 1 saturated heterocycles. The number of amides is 1.